The molecule has 0 heterocycles. The zero-order chi connectivity index (χ0) is 26.9. The van der Waals surface area contributed by atoms with E-state index < -0.39 is 29.2 Å². The van der Waals surface area contributed by atoms with Gasteiger partial charge in [0.1, 0.15) is 0 Å². The van der Waals surface area contributed by atoms with Crippen molar-refractivity contribution in [2.75, 3.05) is 0 Å². The van der Waals surface area contributed by atoms with E-state index in [4.69, 9.17) is 0 Å². The minimum absolute atomic E-state index is 0.0448. The second-order valence-corrected chi connectivity index (χ2v) is 15.5. The fraction of sp³-hybridized carbons (Fsp3) is 0.903. The molecule has 5 heteroatoms. The number of aliphatic hydroxyl groups excluding tert-OH is 2. The average molecular weight is 503 g/mol. The summed E-state index contributed by atoms with van der Waals surface area (Å²) in [6.07, 6.45) is 7.06. The summed E-state index contributed by atoms with van der Waals surface area (Å²) in [4.78, 5) is 12.9. The summed E-state index contributed by atoms with van der Waals surface area (Å²) in [7, 11) is 0. The Hall–Kier alpha value is -0.910. The van der Waals surface area contributed by atoms with E-state index in [-0.39, 0.29) is 38.9 Å². The molecule has 0 aliphatic heterocycles. The van der Waals surface area contributed by atoms with Crippen molar-refractivity contribution >= 4 is 5.97 Å². The lowest BCUT2D eigenvalue weighted by Crippen LogP contribution is -2.72. The Labute approximate surface area is 217 Å². The van der Waals surface area contributed by atoms with Crippen LogP contribution in [0.5, 0.6) is 0 Å². The summed E-state index contributed by atoms with van der Waals surface area (Å²) in [5.41, 5.74) is -1.81. The topological polar surface area (TPSA) is 98.0 Å². The van der Waals surface area contributed by atoms with Gasteiger partial charge in [-0.3, -0.25) is 4.79 Å². The van der Waals surface area contributed by atoms with E-state index in [0.29, 0.717) is 25.2 Å². The van der Waals surface area contributed by atoms with Gasteiger partial charge in [0.15, 0.2) is 0 Å². The molecule has 36 heavy (non-hydrogen) atoms. The van der Waals surface area contributed by atoms with Crippen molar-refractivity contribution in [1.82, 2.24) is 0 Å². The van der Waals surface area contributed by atoms with Crippen molar-refractivity contribution in [3.05, 3.63) is 11.6 Å². The molecule has 11 atom stereocenters. The number of allylic oxidation sites excluding steroid dienone is 1. The molecule has 5 aliphatic carbocycles. The van der Waals surface area contributed by atoms with E-state index in [1.54, 1.807) is 0 Å². The van der Waals surface area contributed by atoms with Crippen LogP contribution >= 0.6 is 0 Å². The molecule has 0 aromatic carbocycles. The van der Waals surface area contributed by atoms with Crippen molar-refractivity contribution in [3.63, 3.8) is 0 Å². The lowest BCUT2D eigenvalue weighted by molar-refractivity contribution is -0.272. The van der Waals surface area contributed by atoms with Crippen molar-refractivity contribution in [3.8, 4) is 0 Å². The summed E-state index contributed by atoms with van der Waals surface area (Å²) in [5, 5.41) is 44.6. The fourth-order valence-corrected chi connectivity index (χ4v) is 11.4. The van der Waals surface area contributed by atoms with Crippen LogP contribution in [0.15, 0.2) is 11.6 Å². The number of aliphatic carboxylic acids is 1. The number of hydrogen-bond donors (Lipinski definition) is 4. The number of hydrogen-bond acceptors (Lipinski definition) is 4. The highest BCUT2D eigenvalue weighted by atomic mass is 16.4. The van der Waals surface area contributed by atoms with Gasteiger partial charge in [-0.15, -0.1) is 0 Å². The second-order valence-electron chi connectivity index (χ2n) is 15.5. The summed E-state index contributed by atoms with van der Waals surface area (Å²) >= 11 is 0. The predicted octanol–water partition coefficient (Wildman–Crippen LogP) is 5.57. The molecular weight excluding hydrogens is 452 g/mol. The van der Waals surface area contributed by atoms with Crippen molar-refractivity contribution in [1.29, 1.82) is 0 Å². The first-order valence-electron chi connectivity index (χ1n) is 14.4. The normalized spacial score (nSPS) is 58.0. The van der Waals surface area contributed by atoms with Gasteiger partial charge in [-0.25, -0.2) is 0 Å². The van der Waals surface area contributed by atoms with Crippen LogP contribution in [-0.2, 0) is 4.79 Å². The molecule has 0 amide bonds. The van der Waals surface area contributed by atoms with Crippen molar-refractivity contribution in [2.45, 2.75) is 125 Å². The molecule has 204 valence electrons. The van der Waals surface area contributed by atoms with Gasteiger partial charge >= 0.3 is 5.97 Å². The van der Waals surface area contributed by atoms with Crippen LogP contribution in [0.25, 0.3) is 0 Å². The molecule has 4 N–H and O–H groups in total. The Morgan fingerprint density at radius 1 is 0.917 bits per heavy atom. The number of carboxylic acid groups (broad SMARTS) is 1. The van der Waals surface area contributed by atoms with E-state index in [2.05, 4.69) is 54.5 Å². The molecular formula is C31H50O5. The Balaban J connectivity index is 1.69. The molecule has 0 bridgehead atoms. The Kier molecular flexibility index (Phi) is 5.48. The van der Waals surface area contributed by atoms with E-state index in [0.717, 1.165) is 32.1 Å². The maximum absolute atomic E-state index is 12.9. The number of carbonyl (C=O) groups is 1. The molecule has 4 saturated carbocycles. The minimum atomic E-state index is -1.07. The molecule has 5 aliphatic rings. The summed E-state index contributed by atoms with van der Waals surface area (Å²) in [6.45, 7) is 17.8. The minimum Gasteiger partial charge on any atom is -0.481 e. The molecule has 5 nitrogen and oxygen atoms in total. The quantitative estimate of drug-likeness (QED) is 0.352. The first-order valence-corrected chi connectivity index (χ1v) is 14.4. The van der Waals surface area contributed by atoms with Gasteiger partial charge in [0.05, 0.1) is 23.2 Å². The van der Waals surface area contributed by atoms with Crippen LogP contribution in [0.1, 0.15) is 107 Å². The molecule has 0 unspecified atom stereocenters. The van der Waals surface area contributed by atoms with E-state index in [1.807, 2.05) is 6.92 Å². The fourth-order valence-electron chi connectivity index (χ4n) is 11.4. The lowest BCUT2D eigenvalue weighted by Gasteiger charge is -2.76. The molecule has 0 saturated heterocycles. The number of carboxylic acids is 1. The van der Waals surface area contributed by atoms with Crippen molar-refractivity contribution in [2.24, 2.45) is 50.2 Å². The maximum atomic E-state index is 12.9. The Morgan fingerprint density at radius 3 is 2.17 bits per heavy atom. The van der Waals surface area contributed by atoms with Crippen molar-refractivity contribution < 1.29 is 25.2 Å². The average Bonchev–Trinajstić information content (AvgIpc) is 2.77. The summed E-state index contributed by atoms with van der Waals surface area (Å²) < 4.78 is 0. The van der Waals surface area contributed by atoms with Gasteiger partial charge in [0, 0.05) is 5.92 Å². The van der Waals surface area contributed by atoms with Crippen LogP contribution in [-0.4, -0.2) is 44.2 Å². The largest absolute Gasteiger partial charge is 0.481 e. The third kappa shape index (κ3) is 2.71. The van der Waals surface area contributed by atoms with Crippen LogP contribution in [0.2, 0.25) is 0 Å². The van der Waals surface area contributed by atoms with Gasteiger partial charge in [-0.1, -0.05) is 60.1 Å². The summed E-state index contributed by atoms with van der Waals surface area (Å²) in [5.74, 6) is -0.794. The van der Waals surface area contributed by atoms with Crippen LogP contribution in [0.4, 0.5) is 0 Å². The molecule has 5 rings (SSSR count). The van der Waals surface area contributed by atoms with Crippen LogP contribution in [0.3, 0.4) is 0 Å². The third-order valence-electron chi connectivity index (χ3n) is 14.4. The van der Waals surface area contributed by atoms with Gasteiger partial charge in [-0.05, 0) is 97.2 Å². The van der Waals surface area contributed by atoms with Gasteiger partial charge < -0.3 is 20.4 Å². The Bertz CT molecular complexity index is 999. The monoisotopic (exact) mass is 502 g/mol. The van der Waals surface area contributed by atoms with Gasteiger partial charge in [0.25, 0.3) is 0 Å². The van der Waals surface area contributed by atoms with E-state index in [1.165, 1.54) is 5.57 Å². The molecule has 4 fully saturated rings. The van der Waals surface area contributed by atoms with Gasteiger partial charge in [-0.2, -0.15) is 0 Å². The molecule has 0 radical (unpaired) electrons. The smallest absolute Gasteiger partial charge is 0.310 e. The molecule has 0 aromatic rings. The third-order valence-corrected chi connectivity index (χ3v) is 14.4. The van der Waals surface area contributed by atoms with E-state index in [9.17, 15) is 25.2 Å². The lowest BCUT2D eigenvalue weighted by atomic mass is 9.28. The van der Waals surface area contributed by atoms with Gasteiger partial charge in [0.2, 0.25) is 0 Å². The first kappa shape index (κ1) is 26.7. The van der Waals surface area contributed by atoms with Crippen LogP contribution < -0.4 is 0 Å². The highest BCUT2D eigenvalue weighted by Crippen LogP contribution is 2.80. The van der Waals surface area contributed by atoms with Crippen LogP contribution in [0, 0.1) is 50.2 Å². The first-order chi connectivity index (χ1) is 16.4. The standard InChI is InChI=1S/C31H50O5/c1-18-9-14-31(24(34)35)16-15-26(4)19(22(31)30(18,8)36)10-12-29(7)27(5)17-20(32)23(33)25(2,3)21(27)11-13-28(26,29)6/h10,18,20-23,32-33,36H,9,11-17H2,1-8H3,(H,34,35)/t18-,20-,21+,22-,23+,26-,27+,28+,29-,30-,31+/m1/s1. The second kappa shape index (κ2) is 7.39. The highest BCUT2D eigenvalue weighted by Gasteiger charge is 2.75. The SMILES string of the molecule is C[C@@H]1CC[C@]2(C(=O)O)CC[C@]3(C)C(=CC[C@@]4(C)[C@@]3(C)CC[C@H]3C(C)(C)[C@@H](O)[C@H](O)C[C@@]34C)[C@@H]2[C@]1(C)O. The summed E-state index contributed by atoms with van der Waals surface area (Å²) in [6, 6.07) is 0. The number of aliphatic hydroxyl groups is 3. The highest BCUT2D eigenvalue weighted by molar-refractivity contribution is 5.77. The zero-order valence-electron chi connectivity index (χ0n) is 23.8. The molecule has 0 aromatic heterocycles. The number of fused-ring (bicyclic) bond motifs is 7. The Morgan fingerprint density at radius 2 is 1.56 bits per heavy atom. The number of rotatable bonds is 1. The van der Waals surface area contributed by atoms with E-state index >= 15 is 0 Å². The molecule has 0 spiro atoms. The predicted molar refractivity (Wildman–Crippen MR) is 140 cm³/mol. The zero-order valence-corrected chi connectivity index (χ0v) is 23.8. The maximum Gasteiger partial charge on any atom is 0.310 e.